The van der Waals surface area contributed by atoms with Gasteiger partial charge in [0.15, 0.2) is 11.5 Å². The van der Waals surface area contributed by atoms with Crippen molar-refractivity contribution in [1.82, 2.24) is 15.1 Å². The molecule has 230 valence electrons. The lowest BCUT2D eigenvalue weighted by Crippen LogP contribution is -2.62. The van der Waals surface area contributed by atoms with Crippen LogP contribution in [0.3, 0.4) is 0 Å². The second kappa shape index (κ2) is 16.0. The maximum Gasteiger partial charge on any atom is 0.246 e. The molecule has 0 spiro atoms. The number of nitrogens with zero attached hydrogens (tertiary/aromatic N) is 2. The molecule has 1 aliphatic heterocycles. The summed E-state index contributed by atoms with van der Waals surface area (Å²) in [7, 11) is 4.73. The van der Waals surface area contributed by atoms with E-state index >= 15 is 0 Å². The Morgan fingerprint density at radius 2 is 1.57 bits per heavy atom. The average Bonchev–Trinajstić information content (AvgIpc) is 2.98. The van der Waals surface area contributed by atoms with Crippen molar-refractivity contribution in [3.63, 3.8) is 0 Å². The smallest absolute Gasteiger partial charge is 0.246 e. The summed E-state index contributed by atoms with van der Waals surface area (Å²) in [6, 6.07) is 11.1. The van der Waals surface area contributed by atoms with Crippen LogP contribution in [0.5, 0.6) is 17.2 Å². The Hall–Kier alpha value is -3.75. The molecule has 0 aliphatic carbocycles. The second-order valence-electron chi connectivity index (χ2n) is 10.9. The van der Waals surface area contributed by atoms with E-state index in [4.69, 9.17) is 14.2 Å². The monoisotopic (exact) mass is 581 g/mol. The first-order valence-electron chi connectivity index (χ1n) is 15.0. The SMILES string of the molecule is CCCCCC(C)NC(=O)CN1CC(=O)N(CCCC)C(Cc2ccc(-c3cc(OC)c(OC)c(OC)c3)cc2)C1=O. The molecule has 1 saturated heterocycles. The van der Waals surface area contributed by atoms with Gasteiger partial charge in [0, 0.05) is 19.0 Å². The van der Waals surface area contributed by atoms with Crippen molar-refractivity contribution in [2.24, 2.45) is 0 Å². The Kier molecular flexibility index (Phi) is 12.5. The highest BCUT2D eigenvalue weighted by Gasteiger charge is 2.39. The quantitative estimate of drug-likeness (QED) is 0.285. The Labute approximate surface area is 250 Å². The first kappa shape index (κ1) is 32.8. The molecule has 1 fully saturated rings. The molecule has 0 aromatic heterocycles. The largest absolute Gasteiger partial charge is 0.493 e. The fourth-order valence-corrected chi connectivity index (χ4v) is 5.36. The molecule has 3 rings (SSSR count). The van der Waals surface area contributed by atoms with Gasteiger partial charge in [-0.2, -0.15) is 0 Å². The Balaban J connectivity index is 1.77. The zero-order valence-electron chi connectivity index (χ0n) is 26.0. The molecular weight excluding hydrogens is 534 g/mol. The third-order valence-corrected chi connectivity index (χ3v) is 7.74. The predicted octanol–water partition coefficient (Wildman–Crippen LogP) is 4.85. The summed E-state index contributed by atoms with van der Waals surface area (Å²) in [5.41, 5.74) is 2.76. The van der Waals surface area contributed by atoms with Gasteiger partial charge in [0.1, 0.15) is 19.1 Å². The number of carbonyl (C=O) groups excluding carboxylic acids is 3. The number of nitrogens with one attached hydrogen (secondary N) is 1. The third kappa shape index (κ3) is 8.39. The number of carbonyl (C=O) groups is 3. The highest BCUT2D eigenvalue weighted by Crippen LogP contribution is 2.41. The van der Waals surface area contributed by atoms with E-state index in [2.05, 4.69) is 19.2 Å². The van der Waals surface area contributed by atoms with E-state index in [1.54, 1.807) is 26.2 Å². The van der Waals surface area contributed by atoms with Gasteiger partial charge >= 0.3 is 0 Å². The normalized spacial score (nSPS) is 15.9. The summed E-state index contributed by atoms with van der Waals surface area (Å²) in [4.78, 5) is 42.8. The summed E-state index contributed by atoms with van der Waals surface area (Å²) in [5.74, 6) is 1.12. The summed E-state index contributed by atoms with van der Waals surface area (Å²) in [5, 5.41) is 2.99. The van der Waals surface area contributed by atoms with Gasteiger partial charge in [-0.3, -0.25) is 14.4 Å². The number of unbranched alkanes of at least 4 members (excludes halogenated alkanes) is 3. The number of benzene rings is 2. The first-order valence-corrected chi connectivity index (χ1v) is 15.0. The van der Waals surface area contributed by atoms with E-state index in [1.165, 1.54) is 4.90 Å². The highest BCUT2D eigenvalue weighted by atomic mass is 16.5. The lowest BCUT2D eigenvalue weighted by Gasteiger charge is -2.40. The number of amides is 3. The molecule has 2 aromatic rings. The van der Waals surface area contributed by atoms with Crippen molar-refractivity contribution >= 4 is 17.7 Å². The van der Waals surface area contributed by atoms with Gasteiger partial charge in [-0.15, -0.1) is 0 Å². The lowest BCUT2D eigenvalue weighted by molar-refractivity contribution is -0.157. The molecule has 1 heterocycles. The van der Waals surface area contributed by atoms with Crippen LogP contribution in [0.2, 0.25) is 0 Å². The van der Waals surface area contributed by atoms with Crippen LogP contribution in [-0.2, 0) is 20.8 Å². The van der Waals surface area contributed by atoms with Gasteiger partial charge in [0.2, 0.25) is 23.5 Å². The van der Waals surface area contributed by atoms with Gasteiger partial charge < -0.3 is 29.3 Å². The fraction of sp³-hybridized carbons (Fsp3) is 0.545. The minimum atomic E-state index is -0.653. The third-order valence-electron chi connectivity index (χ3n) is 7.74. The summed E-state index contributed by atoms with van der Waals surface area (Å²) in [6.45, 7) is 6.52. The van der Waals surface area contributed by atoms with Gasteiger partial charge in [0.05, 0.1) is 21.3 Å². The van der Waals surface area contributed by atoms with Crippen LogP contribution in [0.4, 0.5) is 0 Å². The summed E-state index contributed by atoms with van der Waals surface area (Å²) < 4.78 is 16.4. The zero-order chi connectivity index (χ0) is 30.6. The van der Waals surface area contributed by atoms with Crippen LogP contribution in [0.25, 0.3) is 11.1 Å². The van der Waals surface area contributed by atoms with Gasteiger partial charge in [-0.1, -0.05) is 63.8 Å². The van der Waals surface area contributed by atoms with Gasteiger partial charge in [-0.25, -0.2) is 0 Å². The predicted molar refractivity (Wildman–Crippen MR) is 164 cm³/mol. The van der Waals surface area contributed by atoms with Crippen LogP contribution in [-0.4, -0.2) is 80.6 Å². The molecule has 3 amide bonds. The molecule has 2 aromatic carbocycles. The number of rotatable bonds is 16. The average molecular weight is 582 g/mol. The lowest BCUT2D eigenvalue weighted by atomic mass is 9.97. The molecule has 42 heavy (non-hydrogen) atoms. The molecule has 2 atom stereocenters. The van der Waals surface area contributed by atoms with E-state index in [0.717, 1.165) is 55.2 Å². The Morgan fingerprint density at radius 1 is 0.929 bits per heavy atom. The number of piperazine rings is 1. The fourth-order valence-electron chi connectivity index (χ4n) is 5.36. The zero-order valence-corrected chi connectivity index (χ0v) is 26.0. The molecule has 0 radical (unpaired) electrons. The van der Waals surface area contributed by atoms with Crippen molar-refractivity contribution in [1.29, 1.82) is 0 Å². The minimum Gasteiger partial charge on any atom is -0.493 e. The number of methoxy groups -OCH3 is 3. The van der Waals surface area contributed by atoms with Crippen molar-refractivity contribution in [3.8, 4) is 28.4 Å². The van der Waals surface area contributed by atoms with Crippen molar-refractivity contribution in [2.45, 2.75) is 77.8 Å². The first-order chi connectivity index (χ1) is 20.3. The maximum absolute atomic E-state index is 13.7. The van der Waals surface area contributed by atoms with Crippen LogP contribution in [0.1, 0.15) is 64.9 Å². The highest BCUT2D eigenvalue weighted by molar-refractivity contribution is 5.97. The standard InChI is InChI=1S/C33H47N3O6/c1-7-9-11-12-23(3)34-30(37)21-35-22-31(38)36(17-10-8-2)27(33(35)39)18-24-13-15-25(16-14-24)26-19-28(40-4)32(42-6)29(20-26)41-5/h13-16,19-20,23,27H,7-12,17-18,21-22H2,1-6H3,(H,34,37). The number of hydrogen-bond acceptors (Lipinski definition) is 6. The molecule has 9 nitrogen and oxygen atoms in total. The van der Waals surface area contributed by atoms with E-state index in [9.17, 15) is 14.4 Å². The van der Waals surface area contributed by atoms with Crippen molar-refractivity contribution in [2.75, 3.05) is 41.0 Å². The number of hydrogen-bond donors (Lipinski definition) is 1. The second-order valence-corrected chi connectivity index (χ2v) is 10.9. The Bertz CT molecular complexity index is 1170. The van der Waals surface area contributed by atoms with Crippen molar-refractivity contribution in [3.05, 3.63) is 42.0 Å². The molecule has 0 bridgehead atoms. The topological polar surface area (TPSA) is 97.4 Å². The van der Waals surface area contributed by atoms with Crippen LogP contribution < -0.4 is 19.5 Å². The summed E-state index contributed by atoms with van der Waals surface area (Å²) in [6.07, 6.45) is 6.28. The molecule has 9 heteroatoms. The van der Waals surface area contributed by atoms with Crippen LogP contribution >= 0.6 is 0 Å². The molecule has 0 saturated carbocycles. The molecular formula is C33H47N3O6. The molecule has 1 N–H and O–H groups in total. The number of ether oxygens (including phenoxy) is 3. The van der Waals surface area contributed by atoms with E-state index < -0.39 is 6.04 Å². The van der Waals surface area contributed by atoms with Crippen LogP contribution in [0, 0.1) is 0 Å². The van der Waals surface area contributed by atoms with Gasteiger partial charge in [-0.05, 0) is 48.6 Å². The Morgan fingerprint density at radius 3 is 2.14 bits per heavy atom. The molecule has 2 unspecified atom stereocenters. The van der Waals surface area contributed by atoms with E-state index in [1.807, 2.05) is 43.3 Å². The van der Waals surface area contributed by atoms with E-state index in [0.29, 0.717) is 30.2 Å². The minimum absolute atomic E-state index is 0.0284. The maximum atomic E-state index is 13.7. The van der Waals surface area contributed by atoms with Gasteiger partial charge in [0.25, 0.3) is 0 Å². The summed E-state index contributed by atoms with van der Waals surface area (Å²) >= 11 is 0. The van der Waals surface area contributed by atoms with Crippen LogP contribution in [0.15, 0.2) is 36.4 Å². The molecule has 1 aliphatic rings. The van der Waals surface area contributed by atoms with E-state index in [-0.39, 0.29) is 36.9 Å². The van der Waals surface area contributed by atoms with Crippen molar-refractivity contribution < 1.29 is 28.6 Å².